The van der Waals surface area contributed by atoms with Crippen molar-refractivity contribution < 1.29 is 0 Å². The molecule has 1 aliphatic carbocycles. The van der Waals surface area contributed by atoms with Crippen LogP contribution in [0.1, 0.15) is 62.9 Å². The molecule has 21 heavy (non-hydrogen) atoms. The van der Waals surface area contributed by atoms with Gasteiger partial charge in [0.25, 0.3) is 0 Å². The van der Waals surface area contributed by atoms with Crippen molar-refractivity contribution in [3.63, 3.8) is 0 Å². The standard InChI is InChI=1S/C18H25N3/c1-12(2)21-17(19)16(15-10-6-7-13(3)11-15)20-18(21)14-8-4-5-9-14/h6-7,10-12,14H,4-5,8-9,19H2,1-3H3. The minimum absolute atomic E-state index is 0.353. The molecule has 1 heterocycles. The van der Waals surface area contributed by atoms with Gasteiger partial charge in [-0.05, 0) is 39.7 Å². The minimum Gasteiger partial charge on any atom is -0.383 e. The van der Waals surface area contributed by atoms with Crippen molar-refractivity contribution in [1.82, 2.24) is 9.55 Å². The number of nitrogens with two attached hydrogens (primary N) is 1. The van der Waals surface area contributed by atoms with E-state index in [0.29, 0.717) is 12.0 Å². The van der Waals surface area contributed by atoms with E-state index in [0.717, 1.165) is 17.1 Å². The second-order valence-electron chi connectivity index (χ2n) is 6.52. The summed E-state index contributed by atoms with van der Waals surface area (Å²) in [6, 6.07) is 8.81. The summed E-state index contributed by atoms with van der Waals surface area (Å²) in [5.41, 5.74) is 9.78. The van der Waals surface area contributed by atoms with Gasteiger partial charge in [-0.3, -0.25) is 0 Å². The van der Waals surface area contributed by atoms with Crippen LogP contribution in [-0.4, -0.2) is 9.55 Å². The molecule has 0 radical (unpaired) electrons. The Morgan fingerprint density at radius 3 is 2.57 bits per heavy atom. The van der Waals surface area contributed by atoms with Crippen LogP contribution in [0, 0.1) is 6.92 Å². The predicted octanol–water partition coefficient (Wildman–Crippen LogP) is 4.68. The number of imidazole rings is 1. The van der Waals surface area contributed by atoms with Crippen molar-refractivity contribution in [2.75, 3.05) is 5.73 Å². The van der Waals surface area contributed by atoms with Gasteiger partial charge in [-0.15, -0.1) is 0 Å². The number of hydrogen-bond donors (Lipinski definition) is 1. The van der Waals surface area contributed by atoms with Gasteiger partial charge in [0.05, 0.1) is 0 Å². The fraction of sp³-hybridized carbons (Fsp3) is 0.500. The first-order chi connectivity index (χ1) is 10.1. The second-order valence-corrected chi connectivity index (χ2v) is 6.52. The van der Waals surface area contributed by atoms with Crippen LogP contribution < -0.4 is 5.73 Å². The lowest BCUT2D eigenvalue weighted by Gasteiger charge is -2.17. The molecule has 2 N–H and O–H groups in total. The maximum absolute atomic E-state index is 6.46. The van der Waals surface area contributed by atoms with Crippen LogP contribution in [0.2, 0.25) is 0 Å². The Bertz CT molecular complexity index is 634. The van der Waals surface area contributed by atoms with Gasteiger partial charge in [-0.2, -0.15) is 0 Å². The van der Waals surface area contributed by atoms with E-state index >= 15 is 0 Å². The zero-order chi connectivity index (χ0) is 15.0. The van der Waals surface area contributed by atoms with Crippen LogP contribution in [0.5, 0.6) is 0 Å². The summed E-state index contributed by atoms with van der Waals surface area (Å²) in [5.74, 6) is 2.59. The van der Waals surface area contributed by atoms with Crippen molar-refractivity contribution >= 4 is 5.82 Å². The van der Waals surface area contributed by atoms with Crippen molar-refractivity contribution in [2.24, 2.45) is 0 Å². The van der Waals surface area contributed by atoms with E-state index in [-0.39, 0.29) is 0 Å². The zero-order valence-electron chi connectivity index (χ0n) is 13.3. The fourth-order valence-corrected chi connectivity index (χ4v) is 3.48. The van der Waals surface area contributed by atoms with Gasteiger partial charge in [0.1, 0.15) is 17.3 Å². The number of hydrogen-bond acceptors (Lipinski definition) is 2. The highest BCUT2D eigenvalue weighted by molar-refractivity contribution is 5.71. The molecule has 3 rings (SSSR count). The smallest absolute Gasteiger partial charge is 0.131 e. The lowest BCUT2D eigenvalue weighted by Crippen LogP contribution is -2.11. The van der Waals surface area contributed by atoms with Crippen LogP contribution in [0.4, 0.5) is 5.82 Å². The third kappa shape index (κ3) is 2.57. The molecule has 3 heteroatoms. The molecule has 0 aliphatic heterocycles. The van der Waals surface area contributed by atoms with Crippen molar-refractivity contribution in [1.29, 1.82) is 0 Å². The summed E-state index contributed by atoms with van der Waals surface area (Å²) < 4.78 is 2.24. The molecule has 0 bridgehead atoms. The first-order valence-corrected chi connectivity index (χ1v) is 8.02. The van der Waals surface area contributed by atoms with Crippen LogP contribution >= 0.6 is 0 Å². The van der Waals surface area contributed by atoms with Crippen LogP contribution in [0.3, 0.4) is 0 Å². The molecule has 112 valence electrons. The molecule has 0 unspecified atom stereocenters. The Labute approximate surface area is 127 Å². The number of rotatable bonds is 3. The molecule has 0 atom stereocenters. The van der Waals surface area contributed by atoms with E-state index in [2.05, 4.69) is 49.6 Å². The molecule has 2 aromatic rings. The van der Waals surface area contributed by atoms with E-state index in [1.54, 1.807) is 0 Å². The SMILES string of the molecule is Cc1cccc(-c2nc(C3CCCC3)n(C(C)C)c2N)c1. The molecule has 1 aliphatic rings. The lowest BCUT2D eigenvalue weighted by atomic mass is 10.1. The maximum Gasteiger partial charge on any atom is 0.131 e. The zero-order valence-corrected chi connectivity index (χ0v) is 13.3. The lowest BCUT2D eigenvalue weighted by molar-refractivity contribution is 0.534. The number of aryl methyl sites for hydroxylation is 1. The van der Waals surface area contributed by atoms with Gasteiger partial charge in [-0.1, -0.05) is 36.6 Å². The summed E-state index contributed by atoms with van der Waals surface area (Å²) in [5, 5.41) is 0. The summed E-state index contributed by atoms with van der Waals surface area (Å²) in [4.78, 5) is 4.96. The molecule has 3 nitrogen and oxygen atoms in total. The summed E-state index contributed by atoms with van der Waals surface area (Å²) in [6.07, 6.45) is 5.12. The van der Waals surface area contributed by atoms with E-state index in [9.17, 15) is 0 Å². The van der Waals surface area contributed by atoms with E-state index in [1.807, 2.05) is 0 Å². The van der Waals surface area contributed by atoms with Gasteiger partial charge in [-0.25, -0.2) is 4.98 Å². The minimum atomic E-state index is 0.353. The van der Waals surface area contributed by atoms with Crippen molar-refractivity contribution in [2.45, 2.75) is 58.4 Å². The Morgan fingerprint density at radius 2 is 1.95 bits per heavy atom. The van der Waals surface area contributed by atoms with E-state index in [4.69, 9.17) is 10.7 Å². The maximum atomic E-state index is 6.46. The number of benzene rings is 1. The molecule has 0 amide bonds. The molecule has 1 saturated carbocycles. The first kappa shape index (κ1) is 14.2. The molecule has 0 saturated heterocycles. The monoisotopic (exact) mass is 283 g/mol. The Kier molecular flexibility index (Phi) is 3.75. The van der Waals surface area contributed by atoms with Gasteiger partial charge in [0, 0.05) is 17.5 Å². The number of anilines is 1. The highest BCUT2D eigenvalue weighted by atomic mass is 15.2. The highest BCUT2D eigenvalue weighted by Crippen LogP contribution is 2.39. The van der Waals surface area contributed by atoms with Crippen LogP contribution in [0.15, 0.2) is 24.3 Å². The third-order valence-electron chi connectivity index (χ3n) is 4.50. The Morgan fingerprint density at radius 1 is 1.24 bits per heavy atom. The van der Waals surface area contributed by atoms with Gasteiger partial charge >= 0.3 is 0 Å². The number of nitrogen functional groups attached to an aromatic ring is 1. The summed E-state index contributed by atoms with van der Waals surface area (Å²) in [6.45, 7) is 6.49. The van der Waals surface area contributed by atoms with Gasteiger partial charge in [0.15, 0.2) is 0 Å². The van der Waals surface area contributed by atoms with Crippen LogP contribution in [-0.2, 0) is 0 Å². The quantitative estimate of drug-likeness (QED) is 0.888. The molecule has 0 spiro atoms. The summed E-state index contributed by atoms with van der Waals surface area (Å²) >= 11 is 0. The number of aromatic nitrogens is 2. The average Bonchev–Trinajstić information content (AvgIpc) is 3.05. The molecule has 1 aromatic carbocycles. The predicted molar refractivity (Wildman–Crippen MR) is 88.4 cm³/mol. The average molecular weight is 283 g/mol. The number of nitrogens with zero attached hydrogens (tertiary/aromatic N) is 2. The van der Waals surface area contributed by atoms with Gasteiger partial charge < -0.3 is 10.3 Å². The van der Waals surface area contributed by atoms with Gasteiger partial charge in [0.2, 0.25) is 0 Å². The first-order valence-electron chi connectivity index (χ1n) is 8.02. The molecule has 1 fully saturated rings. The van der Waals surface area contributed by atoms with E-state index < -0.39 is 0 Å². The van der Waals surface area contributed by atoms with E-state index in [1.165, 1.54) is 37.1 Å². The summed E-state index contributed by atoms with van der Waals surface area (Å²) in [7, 11) is 0. The fourth-order valence-electron chi connectivity index (χ4n) is 3.48. The van der Waals surface area contributed by atoms with Crippen molar-refractivity contribution in [3.05, 3.63) is 35.7 Å². The van der Waals surface area contributed by atoms with Crippen molar-refractivity contribution in [3.8, 4) is 11.3 Å². The normalized spacial score (nSPS) is 16.0. The topological polar surface area (TPSA) is 43.8 Å². The Hall–Kier alpha value is -1.77. The van der Waals surface area contributed by atoms with Crippen LogP contribution in [0.25, 0.3) is 11.3 Å². The Balaban J connectivity index is 2.11. The molecular weight excluding hydrogens is 258 g/mol. The second kappa shape index (κ2) is 5.55. The molecular formula is C18H25N3. The third-order valence-corrected chi connectivity index (χ3v) is 4.50. The molecule has 1 aromatic heterocycles. The highest BCUT2D eigenvalue weighted by Gasteiger charge is 2.26. The largest absolute Gasteiger partial charge is 0.383 e.